The summed E-state index contributed by atoms with van der Waals surface area (Å²) in [5, 5.41) is 15.1. The average molecular weight is 414 g/mol. The lowest BCUT2D eigenvalue weighted by molar-refractivity contribution is -0.140. The molecule has 1 aliphatic rings. The van der Waals surface area contributed by atoms with Gasteiger partial charge in [0.15, 0.2) is 4.91 Å². The van der Waals surface area contributed by atoms with Crippen LogP contribution in [0.5, 0.6) is 0 Å². The Morgan fingerprint density at radius 2 is 1.66 bits per heavy atom. The number of aliphatic carboxylic acids is 1. The van der Waals surface area contributed by atoms with Crippen molar-refractivity contribution in [3.63, 3.8) is 0 Å². The van der Waals surface area contributed by atoms with E-state index in [2.05, 4.69) is 10.6 Å². The van der Waals surface area contributed by atoms with Crippen LogP contribution < -0.4 is 10.6 Å². The minimum atomic E-state index is -4.11. The van der Waals surface area contributed by atoms with Crippen LogP contribution in [-0.4, -0.2) is 31.4 Å². The standard InChI is InChI=1S/C21H22N2O5S/c1-3-13(2)17(21(25)26)23-18-15-11-7-8-12-16(15)29(27,28)19(18)20(24)22-14-9-5-4-6-10-14/h4-13,17,23H,3H2,1-2H3,(H,22,24)(H,25,26). The number of benzene rings is 2. The molecule has 2 aromatic rings. The van der Waals surface area contributed by atoms with Crippen LogP contribution in [0.3, 0.4) is 0 Å². The predicted octanol–water partition coefficient (Wildman–Crippen LogP) is 2.87. The number of amides is 1. The molecule has 7 nitrogen and oxygen atoms in total. The van der Waals surface area contributed by atoms with E-state index in [9.17, 15) is 23.1 Å². The van der Waals surface area contributed by atoms with E-state index in [1.807, 2.05) is 6.92 Å². The largest absolute Gasteiger partial charge is 0.480 e. The normalized spacial score (nSPS) is 16.6. The first kappa shape index (κ1) is 20.6. The van der Waals surface area contributed by atoms with E-state index >= 15 is 0 Å². The highest BCUT2D eigenvalue weighted by molar-refractivity contribution is 7.97. The second kappa shape index (κ2) is 8.08. The fraction of sp³-hybridized carbons (Fsp3) is 0.238. The summed E-state index contributed by atoms with van der Waals surface area (Å²) in [7, 11) is -4.11. The van der Waals surface area contributed by atoms with Gasteiger partial charge in [0.25, 0.3) is 5.91 Å². The molecule has 152 valence electrons. The van der Waals surface area contributed by atoms with Crippen LogP contribution in [0.1, 0.15) is 25.8 Å². The van der Waals surface area contributed by atoms with Crippen molar-refractivity contribution < 1.29 is 23.1 Å². The Bertz CT molecular complexity index is 1080. The molecule has 3 N–H and O–H groups in total. The number of carbonyl (C=O) groups excluding carboxylic acids is 1. The topological polar surface area (TPSA) is 113 Å². The minimum absolute atomic E-state index is 0.0155. The maximum atomic E-state index is 13.1. The number of para-hydroxylation sites is 1. The van der Waals surface area contributed by atoms with Crippen LogP contribution in [0.25, 0.3) is 5.70 Å². The first-order valence-electron chi connectivity index (χ1n) is 9.21. The number of hydrogen-bond donors (Lipinski definition) is 3. The van der Waals surface area contributed by atoms with Crippen molar-refractivity contribution >= 4 is 33.1 Å². The number of carboxylic acid groups (broad SMARTS) is 1. The van der Waals surface area contributed by atoms with Gasteiger partial charge in [-0.3, -0.25) is 4.79 Å². The zero-order valence-electron chi connectivity index (χ0n) is 16.0. The summed E-state index contributed by atoms with van der Waals surface area (Å²) >= 11 is 0. The molecular weight excluding hydrogens is 392 g/mol. The third-order valence-corrected chi connectivity index (χ3v) is 6.82. The molecule has 0 saturated carbocycles. The van der Waals surface area contributed by atoms with Crippen molar-refractivity contribution in [2.45, 2.75) is 31.2 Å². The quantitative estimate of drug-likeness (QED) is 0.642. The molecule has 29 heavy (non-hydrogen) atoms. The molecule has 0 aromatic heterocycles. The van der Waals surface area contributed by atoms with Gasteiger partial charge in [0, 0.05) is 11.3 Å². The second-order valence-corrected chi connectivity index (χ2v) is 8.72. The number of fused-ring (bicyclic) bond motifs is 1. The molecule has 2 atom stereocenters. The van der Waals surface area contributed by atoms with Gasteiger partial charge in [-0.2, -0.15) is 0 Å². The molecule has 2 unspecified atom stereocenters. The van der Waals surface area contributed by atoms with Crippen molar-refractivity contribution in [1.29, 1.82) is 0 Å². The Balaban J connectivity index is 2.12. The number of carbonyl (C=O) groups is 2. The van der Waals surface area contributed by atoms with Gasteiger partial charge in [-0.1, -0.05) is 56.7 Å². The highest BCUT2D eigenvalue weighted by Gasteiger charge is 2.41. The number of carboxylic acids is 1. The van der Waals surface area contributed by atoms with E-state index < -0.39 is 32.7 Å². The molecule has 0 bridgehead atoms. The fourth-order valence-electron chi connectivity index (χ4n) is 3.20. The van der Waals surface area contributed by atoms with Crippen LogP contribution in [-0.2, 0) is 19.4 Å². The summed E-state index contributed by atoms with van der Waals surface area (Å²) in [5.74, 6) is -2.21. The van der Waals surface area contributed by atoms with Crippen molar-refractivity contribution in [2.24, 2.45) is 5.92 Å². The Hall–Kier alpha value is -3.13. The number of rotatable bonds is 7. The maximum Gasteiger partial charge on any atom is 0.326 e. The van der Waals surface area contributed by atoms with Gasteiger partial charge >= 0.3 is 5.97 Å². The minimum Gasteiger partial charge on any atom is -0.480 e. The van der Waals surface area contributed by atoms with Gasteiger partial charge in [-0.25, -0.2) is 13.2 Å². The molecule has 1 aliphatic heterocycles. The predicted molar refractivity (Wildman–Crippen MR) is 110 cm³/mol. The summed E-state index contributed by atoms with van der Waals surface area (Å²) in [6, 6.07) is 13.6. The van der Waals surface area contributed by atoms with Gasteiger partial charge in [-0.15, -0.1) is 0 Å². The molecule has 0 spiro atoms. The van der Waals surface area contributed by atoms with Crippen LogP contribution in [0.2, 0.25) is 0 Å². The Morgan fingerprint density at radius 1 is 1.03 bits per heavy atom. The molecule has 3 rings (SSSR count). The Kier molecular flexibility index (Phi) is 5.74. The third-order valence-electron chi connectivity index (χ3n) is 4.96. The molecule has 1 heterocycles. The molecule has 0 saturated heterocycles. The zero-order chi connectivity index (χ0) is 21.2. The van der Waals surface area contributed by atoms with E-state index in [4.69, 9.17) is 0 Å². The number of hydrogen-bond acceptors (Lipinski definition) is 5. The average Bonchev–Trinajstić information content (AvgIpc) is 2.93. The number of sulfone groups is 1. The highest BCUT2D eigenvalue weighted by Crippen LogP contribution is 2.38. The maximum absolute atomic E-state index is 13.1. The van der Waals surface area contributed by atoms with Gasteiger partial charge in [0.1, 0.15) is 6.04 Å². The molecular formula is C21H22N2O5S. The van der Waals surface area contributed by atoms with Crippen LogP contribution >= 0.6 is 0 Å². The lowest BCUT2D eigenvalue weighted by atomic mass is 9.98. The summed E-state index contributed by atoms with van der Waals surface area (Å²) in [5.41, 5.74) is 0.745. The van der Waals surface area contributed by atoms with Crippen molar-refractivity contribution in [2.75, 3.05) is 5.32 Å². The molecule has 0 fully saturated rings. The van der Waals surface area contributed by atoms with E-state index in [0.717, 1.165) is 0 Å². The SMILES string of the molecule is CCC(C)C(NC1=C(C(=O)Nc2ccccc2)S(=O)(=O)c2ccccc21)C(=O)O. The van der Waals surface area contributed by atoms with E-state index in [-0.39, 0.29) is 16.5 Å². The summed E-state index contributed by atoms with van der Waals surface area (Å²) in [6.45, 7) is 3.60. The van der Waals surface area contributed by atoms with Crippen LogP contribution in [0, 0.1) is 5.92 Å². The van der Waals surface area contributed by atoms with E-state index in [1.54, 1.807) is 55.5 Å². The number of nitrogens with one attached hydrogen (secondary N) is 2. The first-order valence-corrected chi connectivity index (χ1v) is 10.7. The third kappa shape index (κ3) is 3.88. The number of anilines is 1. The summed E-state index contributed by atoms with van der Waals surface area (Å²) < 4.78 is 26.2. The van der Waals surface area contributed by atoms with Gasteiger partial charge in [-0.05, 0) is 24.1 Å². The van der Waals surface area contributed by atoms with E-state index in [1.165, 1.54) is 6.07 Å². The van der Waals surface area contributed by atoms with Crippen LogP contribution in [0.4, 0.5) is 5.69 Å². The highest BCUT2D eigenvalue weighted by atomic mass is 32.2. The smallest absolute Gasteiger partial charge is 0.326 e. The summed E-state index contributed by atoms with van der Waals surface area (Å²) in [6.07, 6.45) is 0.567. The van der Waals surface area contributed by atoms with Gasteiger partial charge in [0.2, 0.25) is 9.84 Å². The molecule has 8 heteroatoms. The fourth-order valence-corrected chi connectivity index (χ4v) is 4.87. The lowest BCUT2D eigenvalue weighted by Gasteiger charge is -2.22. The van der Waals surface area contributed by atoms with Crippen molar-refractivity contribution in [1.82, 2.24) is 5.32 Å². The molecule has 0 aliphatic carbocycles. The molecule has 0 radical (unpaired) electrons. The Morgan fingerprint density at radius 3 is 2.28 bits per heavy atom. The van der Waals surface area contributed by atoms with E-state index in [0.29, 0.717) is 17.7 Å². The zero-order valence-corrected chi connectivity index (χ0v) is 16.9. The van der Waals surface area contributed by atoms with Gasteiger partial charge < -0.3 is 15.7 Å². The lowest BCUT2D eigenvalue weighted by Crippen LogP contribution is -2.41. The Labute approximate surface area is 169 Å². The van der Waals surface area contributed by atoms with Crippen molar-refractivity contribution in [3.8, 4) is 0 Å². The molecule has 1 amide bonds. The van der Waals surface area contributed by atoms with Gasteiger partial charge in [0.05, 0.1) is 10.6 Å². The van der Waals surface area contributed by atoms with Crippen LogP contribution in [0.15, 0.2) is 64.4 Å². The second-order valence-electron chi connectivity index (χ2n) is 6.87. The van der Waals surface area contributed by atoms with Crippen molar-refractivity contribution in [3.05, 3.63) is 65.1 Å². The molecule has 2 aromatic carbocycles. The first-order chi connectivity index (χ1) is 13.8. The summed E-state index contributed by atoms with van der Waals surface area (Å²) in [4.78, 5) is 24.3. The monoisotopic (exact) mass is 414 g/mol.